The smallest absolute Gasteiger partial charge is 0.338 e. The van der Waals surface area contributed by atoms with Gasteiger partial charge in [0.2, 0.25) is 0 Å². The van der Waals surface area contributed by atoms with E-state index in [9.17, 15) is 9.59 Å². The van der Waals surface area contributed by atoms with Gasteiger partial charge in [0, 0.05) is 12.2 Å². The molecule has 0 N–H and O–H groups in total. The largest absolute Gasteiger partial charge is 0.387 e. The lowest BCUT2D eigenvalue weighted by Crippen LogP contribution is -2.06. The van der Waals surface area contributed by atoms with Crippen LogP contribution in [-0.4, -0.2) is 11.9 Å². The fourth-order valence-electron chi connectivity index (χ4n) is 2.48. The quantitative estimate of drug-likeness (QED) is 0.361. The predicted octanol–water partition coefficient (Wildman–Crippen LogP) is 5.15. The first-order chi connectivity index (χ1) is 13.2. The van der Waals surface area contributed by atoms with Crippen LogP contribution in [0.3, 0.4) is 0 Å². The fourth-order valence-corrected chi connectivity index (χ4v) is 2.48. The van der Waals surface area contributed by atoms with Gasteiger partial charge in [0.15, 0.2) is 0 Å². The first kappa shape index (κ1) is 18.1. The van der Waals surface area contributed by atoms with E-state index in [1.165, 1.54) is 12.2 Å². The molecule has 0 unspecified atom stereocenters. The number of benzene rings is 3. The Bertz CT molecular complexity index is 954. The zero-order valence-electron chi connectivity index (χ0n) is 14.6. The molecule has 3 rings (SSSR count). The van der Waals surface area contributed by atoms with E-state index < -0.39 is 11.9 Å². The highest BCUT2D eigenvalue weighted by atomic mass is 16.6. The molecule has 0 fully saturated rings. The van der Waals surface area contributed by atoms with Crippen molar-refractivity contribution in [2.24, 2.45) is 0 Å². The van der Waals surface area contributed by atoms with Gasteiger partial charge in [-0.1, -0.05) is 84.9 Å². The zero-order chi connectivity index (χ0) is 18.9. The molecule has 3 aromatic rings. The average Bonchev–Trinajstić information content (AvgIpc) is 2.72. The van der Waals surface area contributed by atoms with E-state index in [1.807, 2.05) is 84.9 Å². The highest BCUT2D eigenvalue weighted by Crippen LogP contribution is 2.19. The molecule has 3 aromatic carbocycles. The Morgan fingerprint density at radius 1 is 0.556 bits per heavy atom. The minimum Gasteiger partial charge on any atom is -0.387 e. The summed E-state index contributed by atoms with van der Waals surface area (Å²) in [6.07, 6.45) is 5.69. The van der Waals surface area contributed by atoms with Crippen LogP contribution in [0.5, 0.6) is 0 Å². The summed E-state index contributed by atoms with van der Waals surface area (Å²) in [4.78, 5) is 23.4. The van der Waals surface area contributed by atoms with Gasteiger partial charge in [0.05, 0.1) is 0 Å². The summed E-state index contributed by atoms with van der Waals surface area (Å²) >= 11 is 0. The SMILES string of the molecule is O=C(C=Cc1ccccc1)OC(=O)C=Cc1ccc(-c2ccccc2)cc1. The lowest BCUT2D eigenvalue weighted by Gasteiger charge is -2.01. The molecule has 0 bridgehead atoms. The molecule has 0 saturated carbocycles. The molecule has 0 aromatic heterocycles. The molecule has 3 nitrogen and oxygen atoms in total. The Morgan fingerprint density at radius 3 is 1.56 bits per heavy atom. The summed E-state index contributed by atoms with van der Waals surface area (Å²) in [6.45, 7) is 0. The lowest BCUT2D eigenvalue weighted by molar-refractivity contribution is -0.152. The van der Waals surface area contributed by atoms with Crippen molar-refractivity contribution >= 4 is 24.1 Å². The molecule has 0 saturated heterocycles. The molecule has 0 radical (unpaired) electrons. The summed E-state index contributed by atoms with van der Waals surface area (Å²) in [5.41, 5.74) is 3.93. The van der Waals surface area contributed by atoms with Crippen molar-refractivity contribution in [2.45, 2.75) is 0 Å². The maximum absolute atomic E-state index is 11.8. The van der Waals surface area contributed by atoms with Crippen molar-refractivity contribution in [2.75, 3.05) is 0 Å². The van der Waals surface area contributed by atoms with Crippen LogP contribution in [0.2, 0.25) is 0 Å². The Hall–Kier alpha value is -3.72. The second-order valence-electron chi connectivity index (χ2n) is 5.81. The second-order valence-corrected chi connectivity index (χ2v) is 5.81. The third-order valence-corrected chi connectivity index (χ3v) is 3.84. The normalized spacial score (nSPS) is 11.0. The Kier molecular flexibility index (Phi) is 6.10. The molecule has 0 heterocycles. The first-order valence-electron chi connectivity index (χ1n) is 8.53. The molecule has 0 amide bonds. The molecule has 0 atom stereocenters. The van der Waals surface area contributed by atoms with Crippen molar-refractivity contribution in [1.29, 1.82) is 0 Å². The van der Waals surface area contributed by atoms with Gasteiger partial charge in [-0.15, -0.1) is 0 Å². The van der Waals surface area contributed by atoms with Crippen LogP contribution in [0.15, 0.2) is 97.1 Å². The highest BCUT2D eigenvalue weighted by Gasteiger charge is 2.03. The minimum absolute atomic E-state index is 0.701. The van der Waals surface area contributed by atoms with Gasteiger partial charge in [-0.05, 0) is 34.4 Å². The lowest BCUT2D eigenvalue weighted by atomic mass is 10.0. The van der Waals surface area contributed by atoms with E-state index in [0.29, 0.717) is 0 Å². The number of carbonyl (C=O) groups excluding carboxylic acids is 2. The van der Waals surface area contributed by atoms with E-state index in [-0.39, 0.29) is 0 Å². The Morgan fingerprint density at radius 2 is 1.00 bits per heavy atom. The number of esters is 2. The number of hydrogen-bond acceptors (Lipinski definition) is 3. The van der Waals surface area contributed by atoms with Gasteiger partial charge < -0.3 is 4.74 Å². The monoisotopic (exact) mass is 354 g/mol. The van der Waals surface area contributed by atoms with Gasteiger partial charge in [-0.25, -0.2) is 9.59 Å². The molecule has 132 valence electrons. The van der Waals surface area contributed by atoms with E-state index in [0.717, 1.165) is 22.3 Å². The van der Waals surface area contributed by atoms with Crippen LogP contribution in [0, 0.1) is 0 Å². The topological polar surface area (TPSA) is 43.4 Å². The minimum atomic E-state index is -0.704. The maximum atomic E-state index is 11.8. The summed E-state index contributed by atoms with van der Waals surface area (Å²) in [7, 11) is 0. The van der Waals surface area contributed by atoms with Gasteiger partial charge in [0.25, 0.3) is 0 Å². The van der Waals surface area contributed by atoms with Crippen molar-refractivity contribution in [3.8, 4) is 11.1 Å². The van der Waals surface area contributed by atoms with Crippen molar-refractivity contribution < 1.29 is 14.3 Å². The summed E-state index contributed by atoms with van der Waals surface area (Å²) in [5, 5.41) is 0. The Balaban J connectivity index is 1.55. The third-order valence-electron chi connectivity index (χ3n) is 3.84. The average molecular weight is 354 g/mol. The maximum Gasteiger partial charge on any atom is 0.338 e. The van der Waals surface area contributed by atoms with Crippen LogP contribution in [0.1, 0.15) is 11.1 Å². The van der Waals surface area contributed by atoms with E-state index in [2.05, 4.69) is 0 Å². The van der Waals surface area contributed by atoms with E-state index in [1.54, 1.807) is 12.2 Å². The summed E-state index contributed by atoms with van der Waals surface area (Å²) < 4.78 is 4.74. The number of rotatable bonds is 5. The zero-order valence-corrected chi connectivity index (χ0v) is 14.6. The van der Waals surface area contributed by atoms with Crippen LogP contribution in [0.4, 0.5) is 0 Å². The second kappa shape index (κ2) is 9.11. The fraction of sp³-hybridized carbons (Fsp3) is 0. The van der Waals surface area contributed by atoms with E-state index >= 15 is 0 Å². The van der Waals surface area contributed by atoms with Crippen molar-refractivity contribution in [3.63, 3.8) is 0 Å². The molecule has 3 heteroatoms. The molecule has 27 heavy (non-hydrogen) atoms. The molecular weight excluding hydrogens is 336 g/mol. The first-order valence-corrected chi connectivity index (χ1v) is 8.53. The third kappa shape index (κ3) is 5.65. The van der Waals surface area contributed by atoms with Crippen LogP contribution in [0.25, 0.3) is 23.3 Å². The standard InChI is InChI=1S/C24H18O3/c25-23(17-13-19-7-3-1-4-8-19)27-24(26)18-14-20-11-15-22(16-12-20)21-9-5-2-6-10-21/h1-18H. The molecule has 0 aliphatic heterocycles. The van der Waals surface area contributed by atoms with Gasteiger partial charge in [-0.2, -0.15) is 0 Å². The number of carbonyl (C=O) groups is 2. The van der Waals surface area contributed by atoms with E-state index in [4.69, 9.17) is 4.74 Å². The summed E-state index contributed by atoms with van der Waals surface area (Å²) in [5.74, 6) is -1.40. The van der Waals surface area contributed by atoms with Crippen LogP contribution < -0.4 is 0 Å². The van der Waals surface area contributed by atoms with Crippen molar-refractivity contribution in [3.05, 3.63) is 108 Å². The van der Waals surface area contributed by atoms with Gasteiger partial charge >= 0.3 is 11.9 Å². The predicted molar refractivity (Wildman–Crippen MR) is 107 cm³/mol. The molecule has 0 aliphatic rings. The Labute approximate surface area is 158 Å². The van der Waals surface area contributed by atoms with Crippen molar-refractivity contribution in [1.82, 2.24) is 0 Å². The van der Waals surface area contributed by atoms with Crippen LogP contribution in [-0.2, 0) is 14.3 Å². The molecular formula is C24H18O3. The van der Waals surface area contributed by atoms with Gasteiger partial charge in [0.1, 0.15) is 0 Å². The highest BCUT2D eigenvalue weighted by molar-refractivity contribution is 5.99. The van der Waals surface area contributed by atoms with Crippen LogP contribution >= 0.6 is 0 Å². The number of hydrogen-bond donors (Lipinski definition) is 0. The molecule has 0 aliphatic carbocycles. The number of ether oxygens (including phenoxy) is 1. The van der Waals surface area contributed by atoms with Gasteiger partial charge in [-0.3, -0.25) is 0 Å². The summed E-state index contributed by atoms with van der Waals surface area (Å²) in [6, 6.07) is 27.1. The molecule has 0 spiro atoms.